The second-order valence-corrected chi connectivity index (χ2v) is 8.06. The Balaban J connectivity index is 1.99. The lowest BCUT2D eigenvalue weighted by atomic mass is 10.1. The maximum absolute atomic E-state index is 12.0. The summed E-state index contributed by atoms with van der Waals surface area (Å²) in [7, 11) is 3.02. The van der Waals surface area contributed by atoms with Crippen LogP contribution in [0.2, 0.25) is 0 Å². The lowest BCUT2D eigenvalue weighted by Crippen LogP contribution is -2.22. The van der Waals surface area contributed by atoms with Gasteiger partial charge in [0.05, 0.1) is 19.1 Å². The number of carboxylic acids is 1. The minimum Gasteiger partial charge on any atom is -0.497 e. The molecule has 0 saturated carbocycles. The van der Waals surface area contributed by atoms with Crippen LogP contribution in [-0.4, -0.2) is 53.5 Å². The third kappa shape index (κ3) is 6.09. The van der Waals surface area contributed by atoms with E-state index in [1.807, 2.05) is 18.7 Å². The smallest absolute Gasteiger partial charge is 0.342 e. The first kappa shape index (κ1) is 25.6. The van der Waals surface area contributed by atoms with Crippen molar-refractivity contribution in [2.75, 3.05) is 32.2 Å². The van der Waals surface area contributed by atoms with Crippen LogP contribution in [0.5, 0.6) is 11.5 Å². The first-order chi connectivity index (χ1) is 16.8. The Hall–Kier alpha value is -4.06. The van der Waals surface area contributed by atoms with Crippen molar-refractivity contribution < 1.29 is 28.7 Å². The molecule has 0 aliphatic heterocycles. The number of aromatic nitrogens is 2. The lowest BCUT2D eigenvalue weighted by Gasteiger charge is -2.23. The number of ether oxygens (including phenoxy) is 2. The average molecular weight is 501 g/mol. The van der Waals surface area contributed by atoms with E-state index in [-0.39, 0.29) is 21.7 Å². The number of aliphatic carboxylic acids is 1. The van der Waals surface area contributed by atoms with Crippen LogP contribution in [0.3, 0.4) is 0 Å². The Labute approximate surface area is 205 Å². The van der Waals surface area contributed by atoms with E-state index in [0.29, 0.717) is 41.4 Å². The van der Waals surface area contributed by atoms with Crippen LogP contribution in [0, 0.1) is 10.1 Å². The number of non-ortho nitro benzene ring substituents is 1. The van der Waals surface area contributed by atoms with Gasteiger partial charge in [-0.25, -0.2) is 4.79 Å². The number of rotatable bonds is 11. The number of methoxy groups -OCH3 is 2. The van der Waals surface area contributed by atoms with Crippen LogP contribution in [0.15, 0.2) is 50.9 Å². The second-order valence-electron chi connectivity index (χ2n) is 7.06. The Bertz CT molecular complexity index is 1230. The Morgan fingerprint density at radius 2 is 1.80 bits per heavy atom. The maximum atomic E-state index is 12.0. The molecule has 0 saturated heterocycles. The van der Waals surface area contributed by atoms with Crippen molar-refractivity contribution >= 4 is 35.2 Å². The molecule has 184 valence electrons. The number of benzene rings is 2. The van der Waals surface area contributed by atoms with Crippen molar-refractivity contribution in [2.45, 2.75) is 19.1 Å². The molecule has 11 nitrogen and oxygen atoms in total. The van der Waals surface area contributed by atoms with Gasteiger partial charge in [-0.2, -0.15) is 0 Å². The molecule has 0 aliphatic rings. The summed E-state index contributed by atoms with van der Waals surface area (Å²) in [4.78, 5) is 24.7. The molecule has 0 amide bonds. The van der Waals surface area contributed by atoms with Gasteiger partial charge >= 0.3 is 5.97 Å². The summed E-state index contributed by atoms with van der Waals surface area (Å²) in [5.41, 5.74) is 1.46. The first-order valence-electron chi connectivity index (χ1n) is 10.5. The van der Waals surface area contributed by atoms with Gasteiger partial charge in [0.25, 0.3) is 10.9 Å². The quantitative estimate of drug-likeness (QED) is 0.169. The summed E-state index contributed by atoms with van der Waals surface area (Å²) in [6.07, 6.45) is 1.37. The molecule has 0 aliphatic carbocycles. The van der Waals surface area contributed by atoms with Crippen molar-refractivity contribution in [2.24, 2.45) is 0 Å². The maximum Gasteiger partial charge on any atom is 0.342 e. The highest BCUT2D eigenvalue weighted by Crippen LogP contribution is 2.35. The van der Waals surface area contributed by atoms with Gasteiger partial charge in [0.2, 0.25) is 5.89 Å². The Morgan fingerprint density at radius 1 is 1.14 bits per heavy atom. The minimum absolute atomic E-state index is 0.00902. The van der Waals surface area contributed by atoms with Gasteiger partial charge in [-0.1, -0.05) is 0 Å². The predicted molar refractivity (Wildman–Crippen MR) is 131 cm³/mol. The summed E-state index contributed by atoms with van der Waals surface area (Å²) in [5, 5.41) is 29.1. The number of hydrogen-bond acceptors (Lipinski definition) is 10. The van der Waals surface area contributed by atoms with E-state index < -0.39 is 10.9 Å². The zero-order valence-electron chi connectivity index (χ0n) is 19.5. The van der Waals surface area contributed by atoms with Crippen molar-refractivity contribution in [3.63, 3.8) is 0 Å². The highest BCUT2D eigenvalue weighted by Gasteiger charge is 2.20. The van der Waals surface area contributed by atoms with Gasteiger partial charge in [-0.15, -0.1) is 10.2 Å². The molecule has 0 radical (unpaired) electrons. The van der Waals surface area contributed by atoms with Crippen molar-refractivity contribution in [3.05, 3.63) is 57.0 Å². The third-order valence-corrected chi connectivity index (χ3v) is 5.88. The molecular weight excluding hydrogens is 476 g/mol. The van der Waals surface area contributed by atoms with Crippen LogP contribution in [0.1, 0.15) is 19.4 Å². The highest BCUT2D eigenvalue weighted by molar-refractivity contribution is 8.03. The molecule has 0 unspecified atom stereocenters. The monoisotopic (exact) mass is 500 g/mol. The zero-order chi connectivity index (χ0) is 25.5. The molecule has 1 aromatic heterocycles. The molecule has 0 bridgehead atoms. The largest absolute Gasteiger partial charge is 0.497 e. The third-order valence-electron chi connectivity index (χ3n) is 5.03. The Morgan fingerprint density at radius 3 is 2.34 bits per heavy atom. The summed E-state index contributed by atoms with van der Waals surface area (Å²) >= 11 is 0.747. The summed E-state index contributed by atoms with van der Waals surface area (Å²) in [5.74, 6) is -0.0524. The van der Waals surface area contributed by atoms with Gasteiger partial charge in [0.15, 0.2) is 0 Å². The van der Waals surface area contributed by atoms with Crippen molar-refractivity contribution in [1.82, 2.24) is 10.2 Å². The number of nitro benzene ring substituents is 1. The first-order valence-corrected chi connectivity index (χ1v) is 11.3. The van der Waals surface area contributed by atoms with E-state index in [9.17, 15) is 20.0 Å². The Kier molecular flexibility index (Phi) is 8.31. The van der Waals surface area contributed by atoms with Crippen molar-refractivity contribution in [1.29, 1.82) is 0 Å². The predicted octanol–water partition coefficient (Wildman–Crippen LogP) is 4.73. The second kappa shape index (κ2) is 11.4. The molecule has 0 fully saturated rings. The molecule has 3 rings (SSSR count). The number of nitrogens with zero attached hydrogens (tertiary/aromatic N) is 4. The molecule has 1 N–H and O–H groups in total. The summed E-state index contributed by atoms with van der Waals surface area (Å²) < 4.78 is 16.2. The molecule has 3 aromatic rings. The van der Waals surface area contributed by atoms with Gasteiger partial charge in [-0.3, -0.25) is 10.1 Å². The van der Waals surface area contributed by atoms with Crippen LogP contribution in [0.4, 0.5) is 11.4 Å². The van der Waals surface area contributed by atoms with Crippen molar-refractivity contribution in [3.8, 4) is 23.0 Å². The highest BCUT2D eigenvalue weighted by atomic mass is 32.2. The molecule has 0 atom stereocenters. The average Bonchev–Trinajstić information content (AvgIpc) is 3.33. The van der Waals surface area contributed by atoms with Crippen LogP contribution >= 0.6 is 11.8 Å². The van der Waals surface area contributed by atoms with Gasteiger partial charge in [-0.05, 0) is 49.9 Å². The van der Waals surface area contributed by atoms with Gasteiger partial charge in [0.1, 0.15) is 16.4 Å². The molecule has 12 heteroatoms. The molecule has 0 spiro atoms. The van der Waals surface area contributed by atoms with Crippen LogP contribution in [-0.2, 0) is 4.79 Å². The summed E-state index contributed by atoms with van der Waals surface area (Å²) in [6, 6.07) is 9.40. The van der Waals surface area contributed by atoms with Gasteiger partial charge in [0, 0.05) is 48.1 Å². The lowest BCUT2D eigenvalue weighted by molar-refractivity contribution is -0.384. The van der Waals surface area contributed by atoms with E-state index in [1.54, 1.807) is 24.3 Å². The van der Waals surface area contributed by atoms with Crippen LogP contribution in [0.25, 0.3) is 17.5 Å². The fourth-order valence-corrected chi connectivity index (χ4v) is 3.96. The van der Waals surface area contributed by atoms with E-state index in [2.05, 4.69) is 10.2 Å². The fraction of sp³-hybridized carbons (Fsp3) is 0.261. The normalized spacial score (nSPS) is 11.3. The van der Waals surface area contributed by atoms with E-state index >= 15 is 0 Å². The number of hydrogen-bond donors (Lipinski definition) is 1. The number of carboxylic acid groups (broad SMARTS) is 1. The van der Waals surface area contributed by atoms with Crippen LogP contribution < -0.4 is 14.4 Å². The topological polar surface area (TPSA) is 141 Å². The summed E-state index contributed by atoms with van der Waals surface area (Å²) in [6.45, 7) is 5.17. The number of thioether (sulfide) groups is 1. The van der Waals surface area contributed by atoms with Gasteiger partial charge < -0.3 is 23.9 Å². The fourth-order valence-electron chi connectivity index (χ4n) is 3.29. The minimum atomic E-state index is -1.24. The number of carbonyl (C=O) groups is 1. The molecule has 2 aromatic carbocycles. The number of nitro groups is 1. The standard InChI is InChI=1S/C23H24N4O7S/c1-5-26(6-2)19-8-7-16(27(30)31)9-14(19)12-20(22(28)29)35-23-25-24-21(34-23)15-10-17(32-3)13-18(11-15)33-4/h7-13H,5-6H2,1-4H3,(H,28,29)/b20-12+. The van der Waals surface area contributed by atoms with E-state index in [1.165, 1.54) is 32.4 Å². The van der Waals surface area contributed by atoms with E-state index in [0.717, 1.165) is 11.8 Å². The molecule has 35 heavy (non-hydrogen) atoms. The molecule has 1 heterocycles. The number of anilines is 1. The zero-order valence-corrected chi connectivity index (χ0v) is 20.4. The molecular formula is C23H24N4O7S. The van der Waals surface area contributed by atoms with E-state index in [4.69, 9.17) is 13.9 Å². The SMILES string of the molecule is CCN(CC)c1ccc([N+](=O)[O-])cc1/C=C(/Sc1nnc(-c2cc(OC)cc(OC)c2)o1)C(=O)O.